The lowest BCUT2D eigenvalue weighted by Gasteiger charge is -2.23. The molecule has 0 bridgehead atoms. The fraction of sp³-hybridized carbons (Fsp3) is 0.533. The summed E-state index contributed by atoms with van der Waals surface area (Å²) in [5, 5.41) is 7.19. The van der Waals surface area contributed by atoms with Gasteiger partial charge in [-0.1, -0.05) is 23.7 Å². The predicted molar refractivity (Wildman–Crippen MR) is 86.5 cm³/mol. The lowest BCUT2D eigenvalue weighted by molar-refractivity contribution is -0.122. The number of carbonyl (C=O) groups is 1. The van der Waals surface area contributed by atoms with Crippen LogP contribution in [0.4, 0.5) is 0 Å². The average molecular weight is 313 g/mol. The van der Waals surface area contributed by atoms with Gasteiger partial charge in [0.25, 0.3) is 0 Å². The van der Waals surface area contributed by atoms with Gasteiger partial charge in [0.05, 0.1) is 0 Å². The number of rotatable bonds is 5. The second-order valence-electron chi connectivity index (χ2n) is 5.23. The zero-order valence-corrected chi connectivity index (χ0v) is 13.3. The monoisotopic (exact) mass is 312 g/mol. The maximum absolute atomic E-state index is 12.0. The first-order valence-electron chi connectivity index (χ1n) is 6.98. The minimum Gasteiger partial charge on any atom is -0.353 e. The van der Waals surface area contributed by atoms with E-state index in [2.05, 4.69) is 10.6 Å². The Labute approximate surface area is 129 Å². The van der Waals surface area contributed by atoms with Gasteiger partial charge < -0.3 is 10.6 Å². The van der Waals surface area contributed by atoms with Crippen molar-refractivity contribution in [3.63, 3.8) is 0 Å². The summed E-state index contributed by atoms with van der Waals surface area (Å²) in [6, 6.07) is 8.23. The largest absolute Gasteiger partial charge is 0.353 e. The predicted octanol–water partition coefficient (Wildman–Crippen LogP) is 2.48. The Morgan fingerprint density at radius 1 is 1.50 bits per heavy atom. The molecule has 1 saturated heterocycles. The summed E-state index contributed by atoms with van der Waals surface area (Å²) in [6.07, 6.45) is 1.40. The minimum absolute atomic E-state index is 0.131. The molecular formula is C15H21ClN2OS. The first kappa shape index (κ1) is 15.7. The van der Waals surface area contributed by atoms with Crippen LogP contribution in [0.2, 0.25) is 5.02 Å². The zero-order valence-electron chi connectivity index (χ0n) is 11.7. The molecular weight excluding hydrogens is 292 g/mol. The topological polar surface area (TPSA) is 41.1 Å². The molecule has 0 saturated carbocycles. The van der Waals surface area contributed by atoms with Crippen LogP contribution in [0, 0.1) is 0 Å². The highest BCUT2D eigenvalue weighted by Gasteiger charge is 2.17. The molecule has 0 aromatic heterocycles. The first-order chi connectivity index (χ1) is 9.63. The summed E-state index contributed by atoms with van der Waals surface area (Å²) in [7, 11) is 0. The molecule has 0 radical (unpaired) electrons. The number of hydrogen-bond acceptors (Lipinski definition) is 3. The van der Waals surface area contributed by atoms with E-state index >= 15 is 0 Å². The van der Waals surface area contributed by atoms with Crippen molar-refractivity contribution in [2.24, 2.45) is 0 Å². The molecule has 20 heavy (non-hydrogen) atoms. The van der Waals surface area contributed by atoms with Gasteiger partial charge in [-0.25, -0.2) is 0 Å². The Balaban J connectivity index is 1.74. The second kappa shape index (κ2) is 7.91. The molecule has 1 aliphatic rings. The lowest BCUT2D eigenvalue weighted by atomic mass is 10.1. The van der Waals surface area contributed by atoms with Crippen molar-refractivity contribution in [3.05, 3.63) is 34.9 Å². The molecule has 1 amide bonds. The molecule has 0 aliphatic carbocycles. The van der Waals surface area contributed by atoms with E-state index in [-0.39, 0.29) is 11.9 Å². The van der Waals surface area contributed by atoms with Crippen molar-refractivity contribution >= 4 is 29.3 Å². The Hall–Kier alpha value is -0.710. The Bertz CT molecular complexity index is 432. The summed E-state index contributed by atoms with van der Waals surface area (Å²) in [5.74, 6) is 2.30. The molecule has 2 N–H and O–H groups in total. The first-order valence-corrected chi connectivity index (χ1v) is 8.51. The normalized spacial score (nSPS) is 20.4. The van der Waals surface area contributed by atoms with Gasteiger partial charge in [0.2, 0.25) is 5.91 Å². The number of hydrogen-bond donors (Lipinski definition) is 2. The maximum Gasteiger partial charge on any atom is 0.221 e. The van der Waals surface area contributed by atoms with Crippen LogP contribution >= 0.6 is 23.4 Å². The SMILES string of the molecule is CC(Cc1ccc(Cl)cc1)NC(=O)CC1CSCCN1. The van der Waals surface area contributed by atoms with Gasteiger partial charge in [-0.15, -0.1) is 0 Å². The summed E-state index contributed by atoms with van der Waals surface area (Å²) in [4.78, 5) is 12.0. The Morgan fingerprint density at radius 2 is 2.25 bits per heavy atom. The fourth-order valence-corrected chi connectivity index (χ4v) is 3.41. The van der Waals surface area contributed by atoms with Gasteiger partial charge in [0, 0.05) is 41.6 Å². The van der Waals surface area contributed by atoms with Gasteiger partial charge in [-0.3, -0.25) is 4.79 Å². The molecule has 0 spiro atoms. The second-order valence-corrected chi connectivity index (χ2v) is 6.82. The third kappa shape index (κ3) is 5.35. The van der Waals surface area contributed by atoms with E-state index in [1.165, 1.54) is 5.56 Å². The molecule has 1 aromatic rings. The highest BCUT2D eigenvalue weighted by molar-refractivity contribution is 7.99. The van der Waals surface area contributed by atoms with E-state index in [0.717, 1.165) is 29.5 Å². The summed E-state index contributed by atoms with van der Waals surface area (Å²) in [6.45, 7) is 3.04. The molecule has 2 unspecified atom stereocenters. The van der Waals surface area contributed by atoms with Crippen LogP contribution in [0.1, 0.15) is 18.9 Å². The third-order valence-electron chi connectivity index (χ3n) is 3.29. The zero-order chi connectivity index (χ0) is 14.4. The van der Waals surface area contributed by atoms with Crippen molar-refractivity contribution in [2.75, 3.05) is 18.1 Å². The molecule has 110 valence electrons. The molecule has 2 atom stereocenters. The van der Waals surface area contributed by atoms with Crippen molar-refractivity contribution in [3.8, 4) is 0 Å². The van der Waals surface area contributed by atoms with Crippen molar-refractivity contribution < 1.29 is 4.79 Å². The van der Waals surface area contributed by atoms with E-state index < -0.39 is 0 Å². The van der Waals surface area contributed by atoms with E-state index in [9.17, 15) is 4.79 Å². The fourth-order valence-electron chi connectivity index (χ4n) is 2.33. The Morgan fingerprint density at radius 3 is 2.90 bits per heavy atom. The van der Waals surface area contributed by atoms with E-state index in [1.807, 2.05) is 43.0 Å². The van der Waals surface area contributed by atoms with Gasteiger partial charge >= 0.3 is 0 Å². The van der Waals surface area contributed by atoms with Gasteiger partial charge in [-0.05, 0) is 31.0 Å². The van der Waals surface area contributed by atoms with Crippen LogP contribution in [-0.4, -0.2) is 36.0 Å². The molecule has 1 fully saturated rings. The van der Waals surface area contributed by atoms with Gasteiger partial charge in [-0.2, -0.15) is 11.8 Å². The van der Waals surface area contributed by atoms with E-state index in [1.54, 1.807) is 0 Å². The summed E-state index contributed by atoms with van der Waals surface area (Å²) in [5.41, 5.74) is 1.19. The van der Waals surface area contributed by atoms with Crippen molar-refractivity contribution in [1.29, 1.82) is 0 Å². The standard InChI is InChI=1S/C15H21ClN2OS/c1-11(8-12-2-4-13(16)5-3-12)18-15(19)9-14-10-20-7-6-17-14/h2-5,11,14,17H,6-10H2,1H3,(H,18,19). The van der Waals surface area contributed by atoms with Gasteiger partial charge in [0.15, 0.2) is 0 Å². The number of halogens is 1. The molecule has 1 aliphatic heterocycles. The number of carbonyl (C=O) groups excluding carboxylic acids is 1. The van der Waals surface area contributed by atoms with Crippen LogP contribution in [-0.2, 0) is 11.2 Å². The third-order valence-corrected chi connectivity index (χ3v) is 4.68. The lowest BCUT2D eigenvalue weighted by Crippen LogP contribution is -2.43. The highest BCUT2D eigenvalue weighted by Crippen LogP contribution is 2.12. The highest BCUT2D eigenvalue weighted by atomic mass is 35.5. The summed E-state index contributed by atoms with van der Waals surface area (Å²) < 4.78 is 0. The minimum atomic E-state index is 0.131. The van der Waals surface area contributed by atoms with Crippen LogP contribution < -0.4 is 10.6 Å². The number of benzene rings is 1. The molecule has 1 heterocycles. The van der Waals surface area contributed by atoms with E-state index in [4.69, 9.17) is 11.6 Å². The maximum atomic E-state index is 12.0. The van der Waals surface area contributed by atoms with Crippen LogP contribution in [0.15, 0.2) is 24.3 Å². The Kier molecular flexibility index (Phi) is 6.20. The number of amides is 1. The van der Waals surface area contributed by atoms with Crippen LogP contribution in [0.5, 0.6) is 0 Å². The summed E-state index contributed by atoms with van der Waals surface area (Å²) >= 11 is 7.78. The molecule has 3 nitrogen and oxygen atoms in total. The van der Waals surface area contributed by atoms with Crippen molar-refractivity contribution in [1.82, 2.24) is 10.6 Å². The van der Waals surface area contributed by atoms with Crippen LogP contribution in [0.3, 0.4) is 0 Å². The number of nitrogens with one attached hydrogen (secondary N) is 2. The van der Waals surface area contributed by atoms with E-state index in [0.29, 0.717) is 12.5 Å². The quantitative estimate of drug-likeness (QED) is 0.877. The molecule has 1 aromatic carbocycles. The van der Waals surface area contributed by atoms with Crippen molar-refractivity contribution in [2.45, 2.75) is 31.8 Å². The number of thioether (sulfide) groups is 1. The van der Waals surface area contributed by atoms with Gasteiger partial charge in [0.1, 0.15) is 0 Å². The average Bonchev–Trinajstić information content (AvgIpc) is 2.42. The molecule has 2 rings (SSSR count). The smallest absolute Gasteiger partial charge is 0.221 e. The van der Waals surface area contributed by atoms with Crippen LogP contribution in [0.25, 0.3) is 0 Å². The molecule has 5 heteroatoms.